The first-order chi connectivity index (χ1) is 14.5. The number of aliphatic hydroxyl groups is 1. The molecule has 2 aliphatic carbocycles. The van der Waals surface area contributed by atoms with E-state index in [0.29, 0.717) is 24.1 Å². The first-order valence-corrected chi connectivity index (χ1v) is 11.5. The smallest absolute Gasteiger partial charge is 0.225 e. The zero-order valence-corrected chi connectivity index (χ0v) is 18.2. The molecule has 0 spiro atoms. The summed E-state index contributed by atoms with van der Waals surface area (Å²) in [7, 11) is 0. The molecule has 1 heterocycles. The maximum absolute atomic E-state index is 12.5. The Morgan fingerprint density at radius 2 is 1.97 bits per heavy atom. The van der Waals surface area contributed by atoms with E-state index in [4.69, 9.17) is 9.97 Å². The molecule has 0 bridgehead atoms. The lowest BCUT2D eigenvalue weighted by molar-refractivity contribution is -0.116. The number of fused-ring (bicyclic) bond motifs is 3. The lowest BCUT2D eigenvalue weighted by atomic mass is 9.85. The number of anilines is 1. The number of carbonyl (C=O) groups is 1. The molecule has 0 radical (unpaired) electrons. The normalized spacial score (nSPS) is 16.3. The first-order valence-electron chi connectivity index (χ1n) is 11.5. The summed E-state index contributed by atoms with van der Waals surface area (Å²) in [6.45, 7) is 4.16. The van der Waals surface area contributed by atoms with Gasteiger partial charge >= 0.3 is 0 Å². The second kappa shape index (κ2) is 9.25. The Bertz CT molecular complexity index is 917. The van der Waals surface area contributed by atoms with Crippen LogP contribution in [0.25, 0.3) is 11.3 Å². The summed E-state index contributed by atoms with van der Waals surface area (Å²) < 4.78 is 0. The van der Waals surface area contributed by atoms with E-state index in [-0.39, 0.29) is 12.5 Å². The second-order valence-electron chi connectivity index (χ2n) is 9.32. The van der Waals surface area contributed by atoms with Crippen LogP contribution >= 0.6 is 0 Å². The summed E-state index contributed by atoms with van der Waals surface area (Å²) in [4.78, 5) is 22.5. The maximum Gasteiger partial charge on any atom is 0.225 e. The van der Waals surface area contributed by atoms with Crippen molar-refractivity contribution in [2.45, 2.75) is 78.2 Å². The zero-order valence-electron chi connectivity index (χ0n) is 18.2. The second-order valence-corrected chi connectivity index (χ2v) is 9.32. The van der Waals surface area contributed by atoms with Crippen molar-refractivity contribution in [3.8, 4) is 11.3 Å². The van der Waals surface area contributed by atoms with Crippen molar-refractivity contribution >= 4 is 11.7 Å². The minimum atomic E-state index is 0.0212. The molecule has 2 N–H and O–H groups in total. The van der Waals surface area contributed by atoms with Crippen LogP contribution in [-0.4, -0.2) is 21.0 Å². The third kappa shape index (κ3) is 4.72. The number of hydrogen-bond donors (Lipinski definition) is 2. The highest BCUT2D eigenvalue weighted by Crippen LogP contribution is 2.35. The number of amides is 1. The predicted molar refractivity (Wildman–Crippen MR) is 119 cm³/mol. The molecule has 4 rings (SSSR count). The van der Waals surface area contributed by atoms with Gasteiger partial charge in [0, 0.05) is 12.0 Å². The van der Waals surface area contributed by atoms with Crippen molar-refractivity contribution in [3.05, 3.63) is 40.7 Å². The van der Waals surface area contributed by atoms with Gasteiger partial charge in [-0.05, 0) is 42.2 Å². The molecule has 2 aromatic rings. The van der Waals surface area contributed by atoms with Gasteiger partial charge in [0.05, 0.1) is 23.7 Å². The fourth-order valence-electron chi connectivity index (χ4n) is 4.79. The molecule has 0 atom stereocenters. The van der Waals surface area contributed by atoms with Gasteiger partial charge in [-0.1, -0.05) is 64.2 Å². The highest BCUT2D eigenvalue weighted by Gasteiger charge is 2.25. The van der Waals surface area contributed by atoms with Gasteiger partial charge < -0.3 is 10.4 Å². The standard InChI is InChI=1S/C25H33N3O2/c1-16(2)12-23(30)28-25-22(14-17-6-4-3-5-7-17)26-24-20-10-8-18(15-29)13-19(20)9-11-21(24)27-25/h8,10,13,16-17,29H,3-7,9,11-12,14-15H2,1-2H3,(H,27,28,30). The van der Waals surface area contributed by atoms with Crippen molar-refractivity contribution in [3.63, 3.8) is 0 Å². The average Bonchev–Trinajstić information content (AvgIpc) is 2.74. The molecule has 0 saturated heterocycles. The molecular weight excluding hydrogens is 374 g/mol. The summed E-state index contributed by atoms with van der Waals surface area (Å²) in [6.07, 6.45) is 9.41. The van der Waals surface area contributed by atoms with Crippen LogP contribution in [-0.2, 0) is 30.7 Å². The van der Waals surface area contributed by atoms with E-state index in [0.717, 1.165) is 47.5 Å². The van der Waals surface area contributed by atoms with Crippen molar-refractivity contribution in [2.75, 3.05) is 5.32 Å². The number of nitrogens with zero attached hydrogens (tertiary/aromatic N) is 2. The van der Waals surface area contributed by atoms with Gasteiger partial charge in [0.25, 0.3) is 0 Å². The first kappa shape index (κ1) is 21.0. The average molecular weight is 408 g/mol. The topological polar surface area (TPSA) is 75.1 Å². The molecular formula is C25H33N3O2. The minimum absolute atomic E-state index is 0.0212. The van der Waals surface area contributed by atoms with Gasteiger partial charge in [0.1, 0.15) is 0 Å². The summed E-state index contributed by atoms with van der Waals surface area (Å²) in [5.74, 6) is 1.62. The number of aliphatic hydroxyl groups excluding tert-OH is 1. The number of carbonyl (C=O) groups excluding carboxylic acids is 1. The Labute approximate surface area is 179 Å². The zero-order chi connectivity index (χ0) is 21.1. The molecule has 1 saturated carbocycles. The Morgan fingerprint density at radius 3 is 2.70 bits per heavy atom. The van der Waals surface area contributed by atoms with Gasteiger partial charge in [-0.3, -0.25) is 4.79 Å². The quantitative estimate of drug-likeness (QED) is 0.718. The van der Waals surface area contributed by atoms with Crippen LogP contribution in [0.1, 0.15) is 74.9 Å². The molecule has 1 aromatic carbocycles. The lowest BCUT2D eigenvalue weighted by Gasteiger charge is -2.25. The molecule has 30 heavy (non-hydrogen) atoms. The summed E-state index contributed by atoms with van der Waals surface area (Å²) in [5.41, 5.74) is 6.12. The highest BCUT2D eigenvalue weighted by molar-refractivity contribution is 5.90. The van der Waals surface area contributed by atoms with Gasteiger partial charge in [-0.25, -0.2) is 9.97 Å². The third-order valence-corrected chi connectivity index (χ3v) is 6.34. The summed E-state index contributed by atoms with van der Waals surface area (Å²) in [6, 6.07) is 6.11. The molecule has 2 aliphatic rings. The summed E-state index contributed by atoms with van der Waals surface area (Å²) >= 11 is 0. The maximum atomic E-state index is 12.5. The van der Waals surface area contributed by atoms with Crippen LogP contribution in [0.4, 0.5) is 5.82 Å². The molecule has 160 valence electrons. The minimum Gasteiger partial charge on any atom is -0.392 e. The van der Waals surface area contributed by atoms with Gasteiger partial charge in [-0.15, -0.1) is 0 Å². The van der Waals surface area contributed by atoms with E-state index >= 15 is 0 Å². The van der Waals surface area contributed by atoms with E-state index in [2.05, 4.69) is 31.3 Å². The molecule has 1 aromatic heterocycles. The van der Waals surface area contributed by atoms with E-state index < -0.39 is 0 Å². The number of benzene rings is 1. The molecule has 1 fully saturated rings. The van der Waals surface area contributed by atoms with Crippen molar-refractivity contribution in [2.24, 2.45) is 11.8 Å². The SMILES string of the molecule is CC(C)CC(=O)Nc1nc2c(nc1CC1CCCCC1)-c1ccc(CO)cc1CC2. The van der Waals surface area contributed by atoms with E-state index in [1.54, 1.807) is 0 Å². The van der Waals surface area contributed by atoms with E-state index in [1.807, 2.05) is 6.07 Å². The van der Waals surface area contributed by atoms with Crippen LogP contribution in [0.2, 0.25) is 0 Å². The van der Waals surface area contributed by atoms with Crippen LogP contribution in [0.3, 0.4) is 0 Å². The van der Waals surface area contributed by atoms with Crippen LogP contribution < -0.4 is 5.32 Å². The lowest BCUT2D eigenvalue weighted by Crippen LogP contribution is -2.21. The Hall–Kier alpha value is -2.27. The molecule has 5 nitrogen and oxygen atoms in total. The molecule has 0 unspecified atom stereocenters. The van der Waals surface area contributed by atoms with Crippen molar-refractivity contribution in [1.82, 2.24) is 9.97 Å². The number of rotatable bonds is 6. The van der Waals surface area contributed by atoms with Crippen molar-refractivity contribution in [1.29, 1.82) is 0 Å². The number of nitrogens with one attached hydrogen (secondary N) is 1. The van der Waals surface area contributed by atoms with Crippen molar-refractivity contribution < 1.29 is 9.90 Å². The monoisotopic (exact) mass is 407 g/mol. The van der Waals surface area contributed by atoms with Crippen LogP contribution in [0.15, 0.2) is 18.2 Å². The Kier molecular flexibility index (Phi) is 6.47. The molecule has 5 heteroatoms. The van der Waals surface area contributed by atoms with E-state index in [9.17, 15) is 9.90 Å². The predicted octanol–water partition coefficient (Wildman–Crippen LogP) is 4.84. The number of aryl methyl sites for hydroxylation is 2. The molecule has 0 aliphatic heterocycles. The fraction of sp³-hybridized carbons (Fsp3) is 0.560. The Morgan fingerprint density at radius 1 is 1.17 bits per heavy atom. The van der Waals surface area contributed by atoms with Crippen LogP contribution in [0, 0.1) is 11.8 Å². The van der Waals surface area contributed by atoms with Gasteiger partial charge in [-0.2, -0.15) is 0 Å². The number of hydrogen-bond acceptors (Lipinski definition) is 4. The summed E-state index contributed by atoms with van der Waals surface area (Å²) in [5, 5.41) is 12.6. The van der Waals surface area contributed by atoms with E-state index in [1.165, 1.54) is 37.7 Å². The largest absolute Gasteiger partial charge is 0.392 e. The Balaban J connectivity index is 1.70. The number of aromatic nitrogens is 2. The van der Waals surface area contributed by atoms with Gasteiger partial charge in [0.2, 0.25) is 5.91 Å². The highest BCUT2D eigenvalue weighted by atomic mass is 16.3. The third-order valence-electron chi connectivity index (χ3n) is 6.34. The van der Waals surface area contributed by atoms with Gasteiger partial charge in [0.15, 0.2) is 5.82 Å². The molecule has 1 amide bonds. The van der Waals surface area contributed by atoms with Crippen LogP contribution in [0.5, 0.6) is 0 Å². The fourth-order valence-corrected chi connectivity index (χ4v) is 4.79.